The van der Waals surface area contributed by atoms with Gasteiger partial charge in [0.05, 0.1) is 23.8 Å². The SMILES string of the molecule is COc1cccc(C(O)(C(=O)N2CCC(CC(C)CC(C)Oc3ccc(C(=O)N(C)C)c(Cl)c3)CC2)C(F)(F)F)c1. The summed E-state index contributed by atoms with van der Waals surface area (Å²) in [5, 5.41) is 11.1. The second kappa shape index (κ2) is 13.3. The van der Waals surface area contributed by atoms with Crippen LogP contribution in [0.5, 0.6) is 11.5 Å². The Morgan fingerprint density at radius 1 is 1.10 bits per heavy atom. The number of amides is 2. The van der Waals surface area contributed by atoms with Crippen LogP contribution in [0.4, 0.5) is 13.2 Å². The lowest BCUT2D eigenvalue weighted by Crippen LogP contribution is -2.57. The van der Waals surface area contributed by atoms with E-state index in [9.17, 15) is 27.9 Å². The normalized spacial score (nSPS) is 17.4. The molecule has 7 nitrogen and oxygen atoms in total. The highest BCUT2D eigenvalue weighted by molar-refractivity contribution is 6.34. The molecule has 2 amide bonds. The predicted molar refractivity (Wildman–Crippen MR) is 150 cm³/mol. The number of alkyl halides is 3. The highest BCUT2D eigenvalue weighted by atomic mass is 35.5. The minimum atomic E-state index is -5.20. The van der Waals surface area contributed by atoms with Gasteiger partial charge in [-0.15, -0.1) is 0 Å². The van der Waals surface area contributed by atoms with Crippen molar-refractivity contribution in [1.29, 1.82) is 0 Å². The Bertz CT molecular complexity index is 1220. The van der Waals surface area contributed by atoms with Gasteiger partial charge in [-0.25, -0.2) is 0 Å². The quantitative estimate of drug-likeness (QED) is 0.367. The van der Waals surface area contributed by atoms with Crippen LogP contribution in [-0.4, -0.2) is 73.3 Å². The third-order valence-corrected chi connectivity index (χ3v) is 7.81. The molecular weight excluding hydrogens is 561 g/mol. The zero-order valence-electron chi connectivity index (χ0n) is 24.0. The van der Waals surface area contributed by atoms with Gasteiger partial charge >= 0.3 is 6.18 Å². The topological polar surface area (TPSA) is 79.3 Å². The van der Waals surface area contributed by atoms with Crippen LogP contribution >= 0.6 is 11.6 Å². The lowest BCUT2D eigenvalue weighted by atomic mass is 9.84. The fourth-order valence-corrected chi connectivity index (χ4v) is 5.60. The maximum atomic E-state index is 14.1. The van der Waals surface area contributed by atoms with Gasteiger partial charge in [0.15, 0.2) is 0 Å². The summed E-state index contributed by atoms with van der Waals surface area (Å²) in [7, 11) is 4.60. The molecule has 1 saturated heterocycles. The van der Waals surface area contributed by atoms with Gasteiger partial charge < -0.3 is 24.4 Å². The summed E-state index contributed by atoms with van der Waals surface area (Å²) in [5.41, 5.74) is -3.83. The number of ether oxygens (including phenoxy) is 2. The molecule has 1 fully saturated rings. The van der Waals surface area contributed by atoms with Crippen LogP contribution in [0.3, 0.4) is 0 Å². The maximum absolute atomic E-state index is 14.1. The number of halogens is 4. The third-order valence-electron chi connectivity index (χ3n) is 7.49. The van der Waals surface area contributed by atoms with Gasteiger partial charge in [-0.05, 0) is 74.8 Å². The van der Waals surface area contributed by atoms with E-state index < -0.39 is 23.2 Å². The van der Waals surface area contributed by atoms with Crippen molar-refractivity contribution in [2.75, 3.05) is 34.3 Å². The molecule has 3 atom stereocenters. The van der Waals surface area contributed by atoms with Crippen LogP contribution in [0.1, 0.15) is 55.5 Å². The minimum absolute atomic E-state index is 0.114. The van der Waals surface area contributed by atoms with Crippen LogP contribution in [-0.2, 0) is 10.4 Å². The molecule has 226 valence electrons. The van der Waals surface area contributed by atoms with Crippen molar-refractivity contribution >= 4 is 23.4 Å². The smallest absolute Gasteiger partial charge is 0.430 e. The van der Waals surface area contributed by atoms with Gasteiger partial charge in [0.1, 0.15) is 11.5 Å². The maximum Gasteiger partial charge on any atom is 0.430 e. The predicted octanol–water partition coefficient (Wildman–Crippen LogP) is 5.92. The fraction of sp³-hybridized carbons (Fsp3) is 0.533. The van der Waals surface area contributed by atoms with Gasteiger partial charge in [0, 0.05) is 32.7 Å². The molecule has 1 heterocycles. The Labute approximate surface area is 244 Å². The zero-order valence-corrected chi connectivity index (χ0v) is 24.8. The molecule has 0 radical (unpaired) electrons. The molecule has 0 aliphatic carbocycles. The van der Waals surface area contributed by atoms with Gasteiger partial charge in [0.2, 0.25) is 0 Å². The number of piperidine rings is 1. The van der Waals surface area contributed by atoms with Crippen molar-refractivity contribution in [3.8, 4) is 11.5 Å². The third kappa shape index (κ3) is 7.65. The number of likely N-dealkylation sites (tertiary alicyclic amines) is 1. The molecule has 2 aromatic rings. The number of hydrogen-bond donors (Lipinski definition) is 1. The van der Waals surface area contributed by atoms with Crippen molar-refractivity contribution in [2.24, 2.45) is 11.8 Å². The number of rotatable bonds is 10. The standard InChI is InChI=1S/C30H38ClF3N2O5/c1-19(15-20(2)41-24-9-10-25(26(31)18-24)27(37)35(3)4)16-21-11-13-36(14-12-21)28(38)29(39,30(32,33)34)22-7-6-8-23(17-22)40-5/h6-10,17-21,39H,11-16H2,1-5H3. The van der Waals surface area contributed by atoms with Crippen LogP contribution in [0, 0.1) is 11.8 Å². The van der Waals surface area contributed by atoms with Crippen LogP contribution < -0.4 is 9.47 Å². The van der Waals surface area contributed by atoms with Gasteiger partial charge in [-0.2, -0.15) is 13.2 Å². The van der Waals surface area contributed by atoms with Gasteiger partial charge in [0.25, 0.3) is 17.4 Å². The van der Waals surface area contributed by atoms with E-state index in [0.29, 0.717) is 29.2 Å². The summed E-state index contributed by atoms with van der Waals surface area (Å²) < 4.78 is 53.3. The Kier molecular flexibility index (Phi) is 10.6. The Morgan fingerprint density at radius 3 is 2.32 bits per heavy atom. The van der Waals surface area contributed by atoms with E-state index in [4.69, 9.17) is 21.1 Å². The largest absolute Gasteiger partial charge is 0.497 e. The minimum Gasteiger partial charge on any atom is -0.497 e. The molecule has 0 saturated carbocycles. The number of hydrogen-bond acceptors (Lipinski definition) is 5. The molecular formula is C30H38ClF3N2O5. The number of methoxy groups -OCH3 is 1. The van der Waals surface area contributed by atoms with Crippen molar-refractivity contribution in [3.63, 3.8) is 0 Å². The average Bonchev–Trinajstić information content (AvgIpc) is 2.91. The molecule has 11 heteroatoms. The first-order valence-corrected chi connectivity index (χ1v) is 14.0. The first kappa shape index (κ1) is 32.5. The number of carbonyl (C=O) groups is 2. The van der Waals surface area contributed by atoms with E-state index in [1.165, 1.54) is 24.1 Å². The second-order valence-corrected chi connectivity index (χ2v) is 11.4. The second-order valence-electron chi connectivity index (χ2n) is 11.0. The summed E-state index contributed by atoms with van der Waals surface area (Å²) in [4.78, 5) is 27.8. The average molecular weight is 599 g/mol. The molecule has 0 aromatic heterocycles. The lowest BCUT2D eigenvalue weighted by Gasteiger charge is -2.39. The van der Waals surface area contributed by atoms with E-state index in [2.05, 4.69) is 6.92 Å². The Balaban J connectivity index is 1.55. The summed E-state index contributed by atoms with van der Waals surface area (Å²) in [6.07, 6.45) is -2.71. The van der Waals surface area contributed by atoms with Crippen molar-refractivity contribution in [2.45, 2.75) is 57.4 Å². The van der Waals surface area contributed by atoms with E-state index in [0.717, 1.165) is 29.9 Å². The van der Waals surface area contributed by atoms with Gasteiger partial charge in [-0.1, -0.05) is 30.7 Å². The molecule has 0 spiro atoms. The fourth-order valence-electron chi connectivity index (χ4n) is 5.35. The lowest BCUT2D eigenvalue weighted by molar-refractivity contribution is -0.262. The van der Waals surface area contributed by atoms with Crippen molar-refractivity contribution in [3.05, 3.63) is 58.6 Å². The van der Waals surface area contributed by atoms with E-state index in [-0.39, 0.29) is 42.7 Å². The molecule has 41 heavy (non-hydrogen) atoms. The van der Waals surface area contributed by atoms with Crippen molar-refractivity contribution < 1.29 is 37.3 Å². The van der Waals surface area contributed by atoms with E-state index in [1.54, 1.807) is 32.3 Å². The van der Waals surface area contributed by atoms with Crippen LogP contribution in [0.25, 0.3) is 0 Å². The Morgan fingerprint density at radius 2 is 1.76 bits per heavy atom. The molecule has 3 rings (SSSR count). The number of aliphatic hydroxyl groups is 1. The highest BCUT2D eigenvalue weighted by Crippen LogP contribution is 2.42. The van der Waals surface area contributed by atoms with Gasteiger partial charge in [-0.3, -0.25) is 9.59 Å². The number of nitrogens with zero attached hydrogens (tertiary/aromatic N) is 2. The number of benzene rings is 2. The molecule has 1 aliphatic heterocycles. The summed E-state index contributed by atoms with van der Waals surface area (Å²) in [6.45, 7) is 4.29. The molecule has 2 aromatic carbocycles. The van der Waals surface area contributed by atoms with Crippen LogP contribution in [0.15, 0.2) is 42.5 Å². The highest BCUT2D eigenvalue weighted by Gasteiger charge is 2.62. The first-order chi connectivity index (χ1) is 19.2. The molecule has 3 unspecified atom stereocenters. The molecule has 1 aliphatic rings. The Hall–Kier alpha value is -2.98. The summed E-state index contributed by atoms with van der Waals surface area (Å²) in [6, 6.07) is 9.85. The molecule has 1 N–H and O–H groups in total. The summed E-state index contributed by atoms with van der Waals surface area (Å²) in [5.74, 6) is -0.412. The summed E-state index contributed by atoms with van der Waals surface area (Å²) >= 11 is 6.28. The van der Waals surface area contributed by atoms with E-state index in [1.807, 2.05) is 6.92 Å². The zero-order chi connectivity index (χ0) is 30.5. The molecule has 0 bridgehead atoms. The van der Waals surface area contributed by atoms with Crippen molar-refractivity contribution in [1.82, 2.24) is 9.80 Å². The monoisotopic (exact) mass is 598 g/mol. The first-order valence-electron chi connectivity index (χ1n) is 13.6. The van der Waals surface area contributed by atoms with E-state index >= 15 is 0 Å². The van der Waals surface area contributed by atoms with Crippen LogP contribution in [0.2, 0.25) is 5.02 Å². The number of carbonyl (C=O) groups excluding carboxylic acids is 2.